The number of sulfonamides is 1. The zero-order valence-corrected chi connectivity index (χ0v) is 19.8. The monoisotopic (exact) mass is 483 g/mol. The van der Waals surface area contributed by atoms with Gasteiger partial charge in [-0.2, -0.15) is 4.31 Å². The van der Waals surface area contributed by atoms with Crippen molar-refractivity contribution in [1.29, 1.82) is 0 Å². The van der Waals surface area contributed by atoms with Crippen molar-refractivity contribution in [2.75, 3.05) is 18.4 Å². The quantitative estimate of drug-likeness (QED) is 0.551. The van der Waals surface area contributed by atoms with E-state index < -0.39 is 21.8 Å². The Labute approximate surface area is 198 Å². The van der Waals surface area contributed by atoms with Crippen LogP contribution in [0.3, 0.4) is 0 Å². The predicted octanol–water partition coefficient (Wildman–Crippen LogP) is 4.64. The molecule has 1 saturated heterocycles. The molecule has 1 aliphatic heterocycles. The number of aromatic nitrogens is 1. The van der Waals surface area contributed by atoms with Crippen molar-refractivity contribution in [2.45, 2.75) is 31.6 Å². The number of para-hydroxylation sites is 1. The smallest absolute Gasteiger partial charge is 0.248 e. The highest BCUT2D eigenvalue weighted by Gasteiger charge is 2.37. The van der Waals surface area contributed by atoms with Crippen molar-refractivity contribution < 1.29 is 22.1 Å². The molecule has 2 heterocycles. The van der Waals surface area contributed by atoms with E-state index >= 15 is 0 Å². The minimum absolute atomic E-state index is 0.0206. The summed E-state index contributed by atoms with van der Waals surface area (Å²) in [7, 11) is -3.99. The van der Waals surface area contributed by atoms with Crippen LogP contribution < -0.4 is 5.32 Å². The van der Waals surface area contributed by atoms with Gasteiger partial charge in [-0.15, -0.1) is 0 Å². The van der Waals surface area contributed by atoms with E-state index in [1.54, 1.807) is 25.1 Å². The van der Waals surface area contributed by atoms with Crippen LogP contribution in [0.1, 0.15) is 35.4 Å². The molecule has 1 amide bonds. The SMILES string of the molecule is Cc1ccccc1NC(=O)C1CCCN(S(=O)(=O)c2c(C)noc2/C=C/c2ccccc2F)C1. The maximum Gasteiger partial charge on any atom is 0.248 e. The number of aryl methyl sites for hydroxylation is 2. The summed E-state index contributed by atoms with van der Waals surface area (Å²) in [5.41, 5.74) is 2.15. The van der Waals surface area contributed by atoms with Crippen molar-refractivity contribution in [1.82, 2.24) is 9.46 Å². The Morgan fingerprint density at radius 1 is 1.15 bits per heavy atom. The van der Waals surface area contributed by atoms with Crippen LogP contribution in [0, 0.1) is 25.6 Å². The number of hydrogen-bond donors (Lipinski definition) is 1. The van der Waals surface area contributed by atoms with Gasteiger partial charge in [0.2, 0.25) is 15.9 Å². The first-order valence-electron chi connectivity index (χ1n) is 11.0. The number of carbonyl (C=O) groups is 1. The third kappa shape index (κ3) is 4.95. The number of piperidine rings is 1. The third-order valence-electron chi connectivity index (χ3n) is 5.91. The van der Waals surface area contributed by atoms with Crippen molar-refractivity contribution in [3.8, 4) is 0 Å². The van der Waals surface area contributed by atoms with Crippen LogP contribution in [-0.4, -0.2) is 36.9 Å². The molecular weight excluding hydrogens is 457 g/mol. The van der Waals surface area contributed by atoms with E-state index in [9.17, 15) is 17.6 Å². The number of benzene rings is 2. The van der Waals surface area contributed by atoms with Crippen LogP contribution in [0.15, 0.2) is 57.9 Å². The van der Waals surface area contributed by atoms with Gasteiger partial charge in [0, 0.05) is 24.3 Å². The third-order valence-corrected chi connectivity index (χ3v) is 7.93. The molecule has 1 atom stereocenters. The Kier molecular flexibility index (Phi) is 6.95. The molecule has 0 bridgehead atoms. The van der Waals surface area contributed by atoms with Gasteiger partial charge in [-0.05, 0) is 56.5 Å². The summed E-state index contributed by atoms with van der Waals surface area (Å²) in [4.78, 5) is 12.8. The summed E-state index contributed by atoms with van der Waals surface area (Å²) in [6.07, 6.45) is 3.99. The maximum absolute atomic E-state index is 14.0. The Balaban J connectivity index is 1.55. The molecule has 1 fully saturated rings. The molecule has 3 aromatic rings. The average Bonchev–Trinajstić information content (AvgIpc) is 3.21. The van der Waals surface area contributed by atoms with Crippen molar-refractivity contribution in [3.63, 3.8) is 0 Å². The normalized spacial score (nSPS) is 17.2. The molecular formula is C25H26FN3O4S. The van der Waals surface area contributed by atoms with E-state index in [0.29, 0.717) is 24.1 Å². The molecule has 0 aliphatic carbocycles. The van der Waals surface area contributed by atoms with Gasteiger partial charge in [-0.1, -0.05) is 41.6 Å². The molecule has 0 spiro atoms. The molecule has 1 aliphatic rings. The summed E-state index contributed by atoms with van der Waals surface area (Å²) in [6.45, 7) is 3.79. The number of halogens is 1. The van der Waals surface area contributed by atoms with Gasteiger partial charge in [0.1, 0.15) is 11.5 Å². The maximum atomic E-state index is 14.0. The van der Waals surface area contributed by atoms with Gasteiger partial charge in [0.05, 0.1) is 5.92 Å². The zero-order valence-electron chi connectivity index (χ0n) is 19.0. The molecule has 1 aromatic heterocycles. The molecule has 178 valence electrons. The lowest BCUT2D eigenvalue weighted by atomic mass is 9.98. The minimum Gasteiger partial charge on any atom is -0.355 e. The van der Waals surface area contributed by atoms with Gasteiger partial charge < -0.3 is 9.84 Å². The topological polar surface area (TPSA) is 92.5 Å². The van der Waals surface area contributed by atoms with Crippen molar-refractivity contribution in [2.24, 2.45) is 5.92 Å². The highest BCUT2D eigenvalue weighted by molar-refractivity contribution is 7.89. The Hall–Kier alpha value is -3.30. The average molecular weight is 484 g/mol. The van der Waals surface area contributed by atoms with Crippen LogP contribution >= 0.6 is 0 Å². The second-order valence-corrected chi connectivity index (χ2v) is 10.2. The highest BCUT2D eigenvalue weighted by atomic mass is 32.2. The number of anilines is 1. The standard InChI is InChI=1S/C25H26FN3O4S/c1-17-8-3-6-12-22(17)27-25(30)20-10-7-15-29(16-20)34(31,32)24-18(2)28-33-23(24)14-13-19-9-4-5-11-21(19)26/h3-6,8-9,11-14,20H,7,10,15-16H2,1-2H3,(H,27,30)/b14-13+. The second kappa shape index (κ2) is 9.90. The summed E-state index contributed by atoms with van der Waals surface area (Å²) in [5, 5.41) is 6.74. The predicted molar refractivity (Wildman–Crippen MR) is 128 cm³/mol. The van der Waals surface area contributed by atoms with Crippen LogP contribution in [-0.2, 0) is 14.8 Å². The largest absolute Gasteiger partial charge is 0.355 e. The fourth-order valence-corrected chi connectivity index (χ4v) is 5.80. The molecule has 2 aromatic carbocycles. The number of rotatable bonds is 6. The van der Waals surface area contributed by atoms with Crippen LogP contribution in [0.4, 0.5) is 10.1 Å². The number of carbonyl (C=O) groups excluding carboxylic acids is 1. The van der Waals surface area contributed by atoms with Crippen LogP contribution in [0.5, 0.6) is 0 Å². The first-order chi connectivity index (χ1) is 16.3. The first kappa shape index (κ1) is 23.8. The van der Waals surface area contributed by atoms with Crippen LogP contribution in [0.2, 0.25) is 0 Å². The zero-order chi connectivity index (χ0) is 24.3. The molecule has 7 nitrogen and oxygen atoms in total. The number of amides is 1. The van der Waals surface area contributed by atoms with E-state index in [1.165, 1.54) is 22.5 Å². The minimum atomic E-state index is -3.99. The second-order valence-electron chi connectivity index (χ2n) is 8.32. The highest BCUT2D eigenvalue weighted by Crippen LogP contribution is 2.30. The van der Waals surface area contributed by atoms with Gasteiger partial charge in [0.25, 0.3) is 0 Å². The number of nitrogens with zero attached hydrogens (tertiary/aromatic N) is 2. The van der Waals surface area contributed by atoms with Gasteiger partial charge in [-0.3, -0.25) is 4.79 Å². The van der Waals surface area contributed by atoms with Gasteiger partial charge >= 0.3 is 0 Å². The molecule has 0 saturated carbocycles. The number of hydrogen-bond acceptors (Lipinski definition) is 5. The van der Waals surface area contributed by atoms with E-state index in [4.69, 9.17) is 4.52 Å². The lowest BCUT2D eigenvalue weighted by Crippen LogP contribution is -2.44. The Morgan fingerprint density at radius 3 is 2.65 bits per heavy atom. The lowest BCUT2D eigenvalue weighted by Gasteiger charge is -2.31. The van der Waals surface area contributed by atoms with E-state index in [-0.39, 0.29) is 35.3 Å². The van der Waals surface area contributed by atoms with E-state index in [2.05, 4.69) is 10.5 Å². The molecule has 34 heavy (non-hydrogen) atoms. The van der Waals surface area contributed by atoms with E-state index in [1.807, 2.05) is 31.2 Å². The van der Waals surface area contributed by atoms with Crippen LogP contribution in [0.25, 0.3) is 12.2 Å². The fourth-order valence-electron chi connectivity index (χ4n) is 4.03. The first-order valence-corrected chi connectivity index (χ1v) is 12.5. The Morgan fingerprint density at radius 2 is 1.88 bits per heavy atom. The summed E-state index contributed by atoms with van der Waals surface area (Å²) in [6, 6.07) is 13.6. The molecule has 9 heteroatoms. The van der Waals surface area contributed by atoms with Gasteiger partial charge in [0.15, 0.2) is 10.7 Å². The summed E-state index contributed by atoms with van der Waals surface area (Å²) in [5.74, 6) is -1.11. The van der Waals surface area contributed by atoms with E-state index in [0.717, 1.165) is 5.56 Å². The summed E-state index contributed by atoms with van der Waals surface area (Å²) >= 11 is 0. The molecule has 1 unspecified atom stereocenters. The molecule has 4 rings (SSSR count). The van der Waals surface area contributed by atoms with Crippen molar-refractivity contribution >= 4 is 33.8 Å². The van der Waals surface area contributed by atoms with Gasteiger partial charge in [-0.25, -0.2) is 12.8 Å². The fraction of sp³-hybridized carbons (Fsp3) is 0.280. The van der Waals surface area contributed by atoms with Crippen molar-refractivity contribution in [3.05, 3.63) is 76.9 Å². The summed E-state index contributed by atoms with van der Waals surface area (Å²) < 4.78 is 47.6. The number of nitrogens with one attached hydrogen (secondary N) is 1. The molecule has 0 radical (unpaired) electrons. The Bertz CT molecular complexity index is 1330. The molecule has 1 N–H and O–H groups in total. The lowest BCUT2D eigenvalue weighted by molar-refractivity contribution is -0.120.